The predicted molar refractivity (Wildman–Crippen MR) is 293 cm³/mol. The molecule has 0 unspecified atom stereocenters. The number of hydrogen-bond acceptors (Lipinski definition) is 4. The molecule has 0 aliphatic rings. The largest absolute Gasteiger partial charge is 0.256 e. The zero-order chi connectivity index (χ0) is 53.8. The Morgan fingerprint density at radius 1 is 0.400 bits per heavy atom. The molecule has 3 heterocycles. The van der Waals surface area contributed by atoms with E-state index in [2.05, 4.69) is 81.7 Å². The van der Waals surface area contributed by atoms with Crippen LogP contribution in [0.2, 0.25) is 0 Å². The van der Waals surface area contributed by atoms with Crippen LogP contribution in [0.25, 0.3) is 78.3 Å². The fourth-order valence-corrected chi connectivity index (χ4v) is 9.55. The second-order valence-electron chi connectivity index (χ2n) is 19.7. The third kappa shape index (κ3) is 11.2. The summed E-state index contributed by atoms with van der Waals surface area (Å²) < 4.78 is 81.5. The first kappa shape index (κ1) is 47.2. The minimum absolute atomic E-state index is 0.134. The lowest BCUT2D eigenvalue weighted by atomic mass is 9.86. The molecule has 10 rings (SSSR count). The number of pyridine rings is 3. The molecule has 8 heteroatoms. The van der Waals surface area contributed by atoms with Gasteiger partial charge in [-0.15, -0.1) is 0 Å². The van der Waals surface area contributed by atoms with Gasteiger partial charge in [-0.25, -0.2) is 17.6 Å². The summed E-state index contributed by atoms with van der Waals surface area (Å²) in [6.07, 6.45) is 6.43. The lowest BCUT2D eigenvalue weighted by Gasteiger charge is -2.19. The Morgan fingerprint density at radius 2 is 0.853 bits per heavy atom. The van der Waals surface area contributed by atoms with Crippen LogP contribution in [0.1, 0.15) is 56.9 Å². The highest BCUT2D eigenvalue weighted by Gasteiger charge is 2.24. The molecule has 0 aliphatic heterocycles. The van der Waals surface area contributed by atoms with Crippen molar-refractivity contribution >= 4 is 0 Å². The Bertz CT molecular complexity index is 3690. The molecule has 0 saturated carbocycles. The quantitative estimate of drug-likeness (QED) is 0.102. The molecule has 7 aromatic carbocycles. The molecule has 0 N–H and O–H groups in total. The van der Waals surface area contributed by atoms with Crippen LogP contribution in [0.5, 0.6) is 0 Å². The highest BCUT2D eigenvalue weighted by Crippen LogP contribution is 2.43. The van der Waals surface area contributed by atoms with E-state index in [0.29, 0.717) is 27.9 Å². The first-order chi connectivity index (χ1) is 37.2. The summed E-state index contributed by atoms with van der Waals surface area (Å²) in [7, 11) is 0. The fraction of sp³-hybridized carbons (Fsp3) is 0.134. The number of nitrogens with zero attached hydrogens (tertiary/aromatic N) is 4. The average Bonchev–Trinajstić information content (AvgIpc) is 3.49. The van der Waals surface area contributed by atoms with Crippen molar-refractivity contribution in [3.8, 4) is 84.3 Å². The SMILES string of the molecule is [2H]C([2H])(c1ccc(-c2ccc(-c3ccccc3-c3cc(CCc4ccc(-c5ccccn5)cc4)cc(CCc4ccc(-c5ccccn5)cc4)c3)c(-c3ccc(-c4ccc(C#N)c(F)c4F)c(F)c3F)c2)nc1)C(C)(C)C. The topological polar surface area (TPSA) is 62.5 Å². The lowest BCUT2D eigenvalue weighted by Crippen LogP contribution is -2.09. The highest BCUT2D eigenvalue weighted by atomic mass is 19.2. The molecule has 4 nitrogen and oxygen atoms in total. The lowest BCUT2D eigenvalue weighted by molar-refractivity contribution is 0.411. The van der Waals surface area contributed by atoms with Crippen molar-refractivity contribution < 1.29 is 20.3 Å². The van der Waals surface area contributed by atoms with Crippen molar-refractivity contribution in [2.24, 2.45) is 5.41 Å². The van der Waals surface area contributed by atoms with Crippen LogP contribution in [-0.4, -0.2) is 15.0 Å². The Hall–Kier alpha value is -8.80. The van der Waals surface area contributed by atoms with E-state index >= 15 is 13.2 Å². The van der Waals surface area contributed by atoms with Gasteiger partial charge in [-0.2, -0.15) is 5.26 Å². The summed E-state index contributed by atoms with van der Waals surface area (Å²) in [6, 6.07) is 58.3. The molecule has 0 bridgehead atoms. The first-order valence-corrected chi connectivity index (χ1v) is 24.9. The molecule has 0 saturated heterocycles. The van der Waals surface area contributed by atoms with Gasteiger partial charge >= 0.3 is 0 Å². The van der Waals surface area contributed by atoms with Gasteiger partial charge in [0.1, 0.15) is 6.07 Å². The number of benzene rings is 7. The van der Waals surface area contributed by atoms with Crippen LogP contribution < -0.4 is 0 Å². The molecule has 0 spiro atoms. The van der Waals surface area contributed by atoms with E-state index < -0.39 is 51.7 Å². The summed E-state index contributed by atoms with van der Waals surface area (Å²) >= 11 is 0. The van der Waals surface area contributed by atoms with E-state index in [0.717, 1.165) is 88.1 Å². The van der Waals surface area contributed by atoms with Crippen molar-refractivity contribution in [2.45, 2.75) is 52.8 Å². The second kappa shape index (κ2) is 21.7. The second-order valence-corrected chi connectivity index (χ2v) is 19.7. The van der Waals surface area contributed by atoms with Gasteiger partial charge in [0.05, 0.1) is 22.6 Å². The average molecular weight is 991 g/mol. The summed E-state index contributed by atoms with van der Waals surface area (Å²) in [4.78, 5) is 13.7. The molecular formula is C67H52F4N4. The van der Waals surface area contributed by atoms with E-state index in [1.54, 1.807) is 36.7 Å². The third-order valence-corrected chi connectivity index (χ3v) is 13.3. The van der Waals surface area contributed by atoms with E-state index in [-0.39, 0.29) is 5.56 Å². The standard InChI is InChI=1S/C67H52F4N4/c1-67(2,3)40-47-22-33-62(75-42-47)50-27-29-55(59(39-50)58-32-31-57(65(70)66(58)71)56-30-28-51(41-72)63(68)64(56)69)54-11-5-4-10-53(54)52-37-45(16-14-43-18-23-48(24-19-43)60-12-6-8-34-73-60)36-46(38-52)17-15-44-20-25-49(26-21-44)61-13-7-9-35-74-61/h4-13,18-39,42H,14-17,40H2,1-3H3/i40D2. The van der Waals surface area contributed by atoms with Gasteiger partial charge in [0.15, 0.2) is 23.3 Å². The van der Waals surface area contributed by atoms with Crippen molar-refractivity contribution in [2.75, 3.05) is 0 Å². The molecule has 3 aromatic heterocycles. The summed E-state index contributed by atoms with van der Waals surface area (Å²) in [6.45, 7) is 5.46. The van der Waals surface area contributed by atoms with E-state index in [1.807, 2.05) is 93.6 Å². The van der Waals surface area contributed by atoms with Crippen LogP contribution in [0.15, 0.2) is 201 Å². The summed E-state index contributed by atoms with van der Waals surface area (Å²) in [5.41, 5.74) is 10.9. The van der Waals surface area contributed by atoms with Gasteiger partial charge in [-0.1, -0.05) is 154 Å². The molecule has 0 fully saturated rings. The zero-order valence-electron chi connectivity index (χ0n) is 43.7. The summed E-state index contributed by atoms with van der Waals surface area (Å²) in [5.74, 6) is -5.59. The van der Waals surface area contributed by atoms with Crippen molar-refractivity contribution in [1.82, 2.24) is 15.0 Å². The highest BCUT2D eigenvalue weighted by molar-refractivity contribution is 5.94. The van der Waals surface area contributed by atoms with Gasteiger partial charge in [0.25, 0.3) is 0 Å². The van der Waals surface area contributed by atoms with Crippen LogP contribution in [-0.2, 0) is 32.1 Å². The monoisotopic (exact) mass is 990 g/mol. The van der Waals surface area contributed by atoms with Gasteiger partial charge in [-0.3, -0.25) is 15.0 Å². The fourth-order valence-electron chi connectivity index (χ4n) is 9.55. The number of halogens is 4. The number of aryl methyl sites for hydroxylation is 4. The normalized spacial score (nSPS) is 12.0. The minimum Gasteiger partial charge on any atom is -0.256 e. The van der Waals surface area contributed by atoms with Crippen molar-refractivity contribution in [1.29, 1.82) is 5.26 Å². The Kier molecular flexibility index (Phi) is 13.7. The molecule has 10 aromatic rings. The molecule has 75 heavy (non-hydrogen) atoms. The maximum absolute atomic E-state index is 17.0. The molecule has 0 aliphatic carbocycles. The Labute approximate surface area is 438 Å². The smallest absolute Gasteiger partial charge is 0.177 e. The van der Waals surface area contributed by atoms with Crippen LogP contribution in [0, 0.1) is 40.0 Å². The molecule has 0 amide bonds. The first-order valence-electron chi connectivity index (χ1n) is 25.9. The number of hydrogen-bond donors (Lipinski definition) is 0. The van der Waals surface area contributed by atoms with E-state index in [4.69, 9.17) is 2.74 Å². The Balaban J connectivity index is 1.06. The molecular weight excluding hydrogens is 937 g/mol. The van der Waals surface area contributed by atoms with Crippen molar-refractivity contribution in [3.63, 3.8) is 0 Å². The van der Waals surface area contributed by atoms with Gasteiger partial charge in [-0.05, 0) is 142 Å². The molecule has 368 valence electrons. The molecule has 0 atom stereocenters. The minimum atomic E-state index is -1.70. The number of nitriles is 1. The van der Waals surface area contributed by atoms with Crippen LogP contribution in [0.3, 0.4) is 0 Å². The van der Waals surface area contributed by atoms with Crippen LogP contribution >= 0.6 is 0 Å². The maximum atomic E-state index is 17.0. The predicted octanol–water partition coefficient (Wildman–Crippen LogP) is 17.1. The number of rotatable bonds is 14. The molecule has 0 radical (unpaired) electrons. The van der Waals surface area contributed by atoms with Gasteiger partial charge < -0.3 is 0 Å². The van der Waals surface area contributed by atoms with Crippen molar-refractivity contribution in [3.05, 3.63) is 257 Å². The van der Waals surface area contributed by atoms with Gasteiger partial charge in [0.2, 0.25) is 0 Å². The third-order valence-electron chi connectivity index (χ3n) is 13.3. The van der Waals surface area contributed by atoms with Gasteiger partial charge in [0, 0.05) is 54.7 Å². The number of aromatic nitrogens is 3. The maximum Gasteiger partial charge on any atom is 0.177 e. The zero-order valence-corrected chi connectivity index (χ0v) is 41.7. The van der Waals surface area contributed by atoms with E-state index in [9.17, 15) is 9.65 Å². The van der Waals surface area contributed by atoms with E-state index in [1.165, 1.54) is 29.5 Å². The summed E-state index contributed by atoms with van der Waals surface area (Å²) in [5, 5.41) is 9.29. The Morgan fingerprint density at radius 3 is 1.37 bits per heavy atom. The van der Waals surface area contributed by atoms with Crippen LogP contribution in [0.4, 0.5) is 17.6 Å².